The standard InChI is InChI=1S/C19H27N7O2/c1-18(2,3)28-16(27)12-5-8-22-13(11-12)14-15(20)23-17(25-24-14)26-9-6-19(4,21)7-10-26/h5,8,11H,6-7,9-10,21H2,1-4H3,(H2,20,23,25). The fraction of sp³-hybridized carbons (Fsp3) is 0.526. The summed E-state index contributed by atoms with van der Waals surface area (Å²) in [6.45, 7) is 8.98. The minimum absolute atomic E-state index is 0.165. The first-order chi connectivity index (χ1) is 13.0. The molecule has 0 spiro atoms. The smallest absolute Gasteiger partial charge is 0.338 e. The monoisotopic (exact) mass is 385 g/mol. The van der Waals surface area contributed by atoms with Crippen molar-refractivity contribution in [1.29, 1.82) is 0 Å². The molecule has 28 heavy (non-hydrogen) atoms. The van der Waals surface area contributed by atoms with E-state index in [1.54, 1.807) is 12.1 Å². The Bertz CT molecular complexity index is 867. The number of hydrogen-bond donors (Lipinski definition) is 2. The van der Waals surface area contributed by atoms with Gasteiger partial charge < -0.3 is 21.1 Å². The Morgan fingerprint density at radius 3 is 2.54 bits per heavy atom. The summed E-state index contributed by atoms with van der Waals surface area (Å²) in [6, 6.07) is 3.16. The van der Waals surface area contributed by atoms with Gasteiger partial charge in [0.25, 0.3) is 0 Å². The van der Waals surface area contributed by atoms with Gasteiger partial charge >= 0.3 is 5.97 Å². The quantitative estimate of drug-likeness (QED) is 0.758. The third-order valence-electron chi connectivity index (χ3n) is 4.53. The number of piperidine rings is 1. The van der Waals surface area contributed by atoms with Gasteiger partial charge in [0.15, 0.2) is 11.5 Å². The van der Waals surface area contributed by atoms with Crippen LogP contribution in [0, 0.1) is 0 Å². The molecule has 1 saturated heterocycles. The van der Waals surface area contributed by atoms with Crippen LogP contribution in [0.4, 0.5) is 11.8 Å². The van der Waals surface area contributed by atoms with E-state index in [0.29, 0.717) is 22.9 Å². The molecule has 1 fully saturated rings. The molecule has 2 aromatic rings. The van der Waals surface area contributed by atoms with Crippen LogP contribution < -0.4 is 16.4 Å². The van der Waals surface area contributed by atoms with Crippen LogP contribution in [-0.2, 0) is 4.74 Å². The fourth-order valence-corrected chi connectivity index (χ4v) is 2.89. The van der Waals surface area contributed by atoms with E-state index in [9.17, 15) is 4.79 Å². The zero-order chi connectivity index (χ0) is 20.5. The SMILES string of the molecule is CC1(N)CCN(c2nnc(-c3cc(C(=O)OC(C)(C)C)ccn3)c(N)n2)CC1. The van der Waals surface area contributed by atoms with E-state index in [1.807, 2.05) is 32.6 Å². The van der Waals surface area contributed by atoms with Crippen molar-refractivity contribution in [1.82, 2.24) is 20.2 Å². The predicted octanol–water partition coefficient (Wildman–Crippen LogP) is 1.79. The highest BCUT2D eigenvalue weighted by Crippen LogP contribution is 2.25. The largest absolute Gasteiger partial charge is 0.456 e. The van der Waals surface area contributed by atoms with Gasteiger partial charge in [-0.3, -0.25) is 4.98 Å². The topological polar surface area (TPSA) is 133 Å². The third kappa shape index (κ3) is 4.72. The van der Waals surface area contributed by atoms with Gasteiger partial charge in [0.2, 0.25) is 5.95 Å². The molecule has 0 radical (unpaired) electrons. The van der Waals surface area contributed by atoms with Crippen molar-refractivity contribution < 1.29 is 9.53 Å². The number of pyridine rings is 1. The lowest BCUT2D eigenvalue weighted by Gasteiger charge is -2.36. The lowest BCUT2D eigenvalue weighted by atomic mass is 9.91. The van der Waals surface area contributed by atoms with Crippen LogP contribution >= 0.6 is 0 Å². The van der Waals surface area contributed by atoms with Crippen molar-refractivity contribution in [3.05, 3.63) is 23.9 Å². The summed E-state index contributed by atoms with van der Waals surface area (Å²) in [6.07, 6.45) is 3.20. The highest BCUT2D eigenvalue weighted by atomic mass is 16.6. The highest BCUT2D eigenvalue weighted by molar-refractivity contribution is 5.91. The maximum Gasteiger partial charge on any atom is 0.338 e. The van der Waals surface area contributed by atoms with Crippen molar-refractivity contribution in [3.8, 4) is 11.4 Å². The van der Waals surface area contributed by atoms with Crippen LogP contribution in [0.3, 0.4) is 0 Å². The lowest BCUT2D eigenvalue weighted by Crippen LogP contribution is -2.48. The number of esters is 1. The number of carbonyl (C=O) groups is 1. The summed E-state index contributed by atoms with van der Waals surface area (Å²) in [5, 5.41) is 8.42. The number of ether oxygens (including phenoxy) is 1. The number of nitrogen functional groups attached to an aromatic ring is 1. The second-order valence-electron chi connectivity index (χ2n) is 8.42. The molecule has 0 aromatic carbocycles. The van der Waals surface area contributed by atoms with Crippen molar-refractivity contribution in [2.45, 2.75) is 51.7 Å². The lowest BCUT2D eigenvalue weighted by molar-refractivity contribution is 0.00694. The number of rotatable bonds is 3. The average Bonchev–Trinajstić information content (AvgIpc) is 2.60. The Morgan fingerprint density at radius 1 is 1.25 bits per heavy atom. The molecule has 0 amide bonds. The molecule has 1 aliphatic heterocycles. The number of aromatic nitrogens is 4. The van der Waals surface area contributed by atoms with Gasteiger partial charge in [-0.05, 0) is 52.7 Å². The van der Waals surface area contributed by atoms with Crippen LogP contribution in [0.25, 0.3) is 11.4 Å². The zero-order valence-electron chi connectivity index (χ0n) is 16.8. The Hall–Kier alpha value is -2.81. The van der Waals surface area contributed by atoms with Gasteiger partial charge in [-0.25, -0.2) is 4.79 Å². The highest BCUT2D eigenvalue weighted by Gasteiger charge is 2.28. The van der Waals surface area contributed by atoms with Crippen molar-refractivity contribution in [2.24, 2.45) is 5.73 Å². The number of hydrogen-bond acceptors (Lipinski definition) is 9. The van der Waals surface area contributed by atoms with Crippen LogP contribution in [0.1, 0.15) is 50.9 Å². The molecule has 3 heterocycles. The number of nitrogens with two attached hydrogens (primary N) is 2. The van der Waals surface area contributed by atoms with Gasteiger partial charge in [0.05, 0.1) is 11.3 Å². The maximum atomic E-state index is 12.3. The van der Waals surface area contributed by atoms with Crippen LogP contribution in [0.15, 0.2) is 18.3 Å². The second-order valence-corrected chi connectivity index (χ2v) is 8.42. The first-order valence-electron chi connectivity index (χ1n) is 9.28. The summed E-state index contributed by atoms with van der Waals surface area (Å²) in [5.74, 6) is 0.241. The third-order valence-corrected chi connectivity index (χ3v) is 4.53. The zero-order valence-corrected chi connectivity index (χ0v) is 16.8. The van der Waals surface area contributed by atoms with E-state index >= 15 is 0 Å². The van der Waals surface area contributed by atoms with E-state index in [2.05, 4.69) is 20.2 Å². The molecule has 9 nitrogen and oxygen atoms in total. The summed E-state index contributed by atoms with van der Waals surface area (Å²) >= 11 is 0. The van der Waals surface area contributed by atoms with Crippen molar-refractivity contribution >= 4 is 17.7 Å². The van der Waals surface area contributed by atoms with Crippen LogP contribution in [0.2, 0.25) is 0 Å². The van der Waals surface area contributed by atoms with Crippen LogP contribution in [-0.4, -0.2) is 50.4 Å². The minimum Gasteiger partial charge on any atom is -0.456 e. The van der Waals surface area contributed by atoms with Crippen molar-refractivity contribution in [3.63, 3.8) is 0 Å². The molecule has 4 N–H and O–H groups in total. The normalized spacial score (nSPS) is 16.7. The van der Waals surface area contributed by atoms with Gasteiger partial charge in [0.1, 0.15) is 5.60 Å². The Kier molecular flexibility index (Phi) is 5.20. The summed E-state index contributed by atoms with van der Waals surface area (Å²) in [5.41, 5.74) is 12.6. The van der Waals surface area contributed by atoms with Crippen LogP contribution in [0.5, 0.6) is 0 Å². The first-order valence-corrected chi connectivity index (χ1v) is 9.28. The predicted molar refractivity (Wildman–Crippen MR) is 107 cm³/mol. The first kappa shape index (κ1) is 19.9. The van der Waals surface area contributed by atoms with Gasteiger partial charge in [-0.2, -0.15) is 4.98 Å². The molecule has 1 aliphatic rings. The Balaban J connectivity index is 1.81. The molecular formula is C19H27N7O2. The summed E-state index contributed by atoms with van der Waals surface area (Å²) < 4.78 is 5.39. The van der Waals surface area contributed by atoms with Gasteiger partial charge in [-0.1, -0.05) is 0 Å². The minimum atomic E-state index is -0.587. The Morgan fingerprint density at radius 2 is 1.93 bits per heavy atom. The maximum absolute atomic E-state index is 12.3. The number of nitrogens with zero attached hydrogens (tertiary/aromatic N) is 5. The van der Waals surface area contributed by atoms with E-state index in [1.165, 1.54) is 6.20 Å². The molecule has 2 aromatic heterocycles. The number of carbonyl (C=O) groups excluding carboxylic acids is 1. The molecule has 0 aliphatic carbocycles. The van der Waals surface area contributed by atoms with E-state index in [-0.39, 0.29) is 11.4 Å². The molecule has 150 valence electrons. The molecule has 3 rings (SSSR count). The molecule has 9 heteroatoms. The second kappa shape index (κ2) is 7.31. The van der Waals surface area contributed by atoms with E-state index in [0.717, 1.165) is 25.9 Å². The molecule has 0 saturated carbocycles. The van der Waals surface area contributed by atoms with E-state index < -0.39 is 11.6 Å². The van der Waals surface area contributed by atoms with E-state index in [4.69, 9.17) is 16.2 Å². The molecule has 0 unspecified atom stereocenters. The number of anilines is 2. The summed E-state index contributed by atoms with van der Waals surface area (Å²) in [7, 11) is 0. The van der Waals surface area contributed by atoms with Gasteiger partial charge in [0, 0.05) is 24.8 Å². The molecular weight excluding hydrogens is 358 g/mol. The average molecular weight is 385 g/mol. The molecule has 0 bridgehead atoms. The summed E-state index contributed by atoms with van der Waals surface area (Å²) in [4.78, 5) is 23.0. The molecule has 0 atom stereocenters. The fourth-order valence-electron chi connectivity index (χ4n) is 2.89. The Labute approximate surface area is 164 Å². The van der Waals surface area contributed by atoms with Crippen molar-refractivity contribution in [2.75, 3.05) is 23.7 Å². The van der Waals surface area contributed by atoms with Gasteiger partial charge in [-0.15, -0.1) is 10.2 Å².